The Morgan fingerprint density at radius 3 is 3.05 bits per heavy atom. The van der Waals surface area contributed by atoms with Crippen LogP contribution in [0.15, 0.2) is 0 Å². The topological polar surface area (TPSA) is 44.1 Å². The van der Waals surface area contributed by atoms with Gasteiger partial charge in [-0.05, 0) is 18.6 Å². The normalized spacial score (nSPS) is 26.2. The van der Waals surface area contributed by atoms with Crippen molar-refractivity contribution in [3.63, 3.8) is 0 Å². The fourth-order valence-electron chi connectivity index (χ4n) is 2.96. The summed E-state index contributed by atoms with van der Waals surface area (Å²) < 4.78 is 7.07. The lowest BCUT2D eigenvalue weighted by Gasteiger charge is -2.24. The van der Waals surface area contributed by atoms with Crippen LogP contribution in [0.3, 0.4) is 0 Å². The van der Waals surface area contributed by atoms with Crippen molar-refractivity contribution in [3.05, 3.63) is 16.7 Å². The number of ether oxygens (including phenoxy) is 1. The molecular weight excluding hydrogens is 284 g/mol. The molecule has 0 saturated carbocycles. The van der Waals surface area contributed by atoms with Crippen LogP contribution in [-0.2, 0) is 22.5 Å². The van der Waals surface area contributed by atoms with Crippen molar-refractivity contribution in [1.29, 1.82) is 0 Å². The Labute approximate surface area is 121 Å². The maximum Gasteiger partial charge on any atom is 0.309 e. The molecule has 0 amide bonds. The molecule has 3 rings (SSSR count). The van der Waals surface area contributed by atoms with Crippen LogP contribution in [0, 0.1) is 5.92 Å². The van der Waals surface area contributed by atoms with E-state index in [2.05, 4.69) is 9.55 Å². The van der Waals surface area contributed by atoms with E-state index in [-0.39, 0.29) is 11.9 Å². The van der Waals surface area contributed by atoms with Crippen LogP contribution in [-0.4, -0.2) is 34.1 Å². The summed E-state index contributed by atoms with van der Waals surface area (Å²) in [4.78, 5) is 16.2. The smallest absolute Gasteiger partial charge is 0.309 e. The monoisotopic (exact) mass is 300 g/mol. The Bertz CT molecular complexity index is 497. The highest BCUT2D eigenvalue weighted by Crippen LogP contribution is 2.36. The quantitative estimate of drug-likeness (QED) is 0.787. The summed E-state index contributed by atoms with van der Waals surface area (Å²) >= 11 is 8.24. The summed E-state index contributed by atoms with van der Waals surface area (Å²) in [6.07, 6.45) is 2.65. The number of halogens is 1. The third-order valence-corrected chi connectivity index (χ3v) is 5.49. The Morgan fingerprint density at radius 1 is 1.53 bits per heavy atom. The number of hydrogen-bond donors (Lipinski definition) is 0. The highest BCUT2D eigenvalue weighted by molar-refractivity contribution is 7.99. The van der Waals surface area contributed by atoms with E-state index >= 15 is 0 Å². The lowest BCUT2D eigenvalue weighted by Crippen LogP contribution is -2.27. The summed E-state index contributed by atoms with van der Waals surface area (Å²) in [5.41, 5.74) is 1.01. The van der Waals surface area contributed by atoms with Crippen LogP contribution in [0.1, 0.15) is 30.3 Å². The molecule has 0 bridgehead atoms. The average molecular weight is 301 g/mol. The molecule has 0 radical (unpaired) electrons. The molecule has 1 aromatic rings. The maximum absolute atomic E-state index is 11.7. The number of thioether (sulfide) groups is 1. The number of nitrogens with zero attached hydrogens (tertiary/aromatic N) is 2. The summed E-state index contributed by atoms with van der Waals surface area (Å²) in [5, 5.41) is 0.570. The first-order valence-corrected chi connectivity index (χ1v) is 8.14. The minimum Gasteiger partial charge on any atom is -0.469 e. The molecule has 0 spiro atoms. The molecule has 104 valence electrons. The first-order valence-electron chi connectivity index (χ1n) is 6.61. The summed E-state index contributed by atoms with van der Waals surface area (Å²) in [6, 6.07) is 0. The van der Waals surface area contributed by atoms with Crippen LogP contribution in [0.2, 0.25) is 5.15 Å². The van der Waals surface area contributed by atoms with Gasteiger partial charge in [0.25, 0.3) is 0 Å². The Hall–Kier alpha value is -0.680. The molecule has 2 unspecified atom stereocenters. The van der Waals surface area contributed by atoms with Crippen molar-refractivity contribution < 1.29 is 9.53 Å². The lowest BCUT2D eigenvalue weighted by molar-refractivity contribution is -0.146. The van der Waals surface area contributed by atoms with Gasteiger partial charge in [-0.15, -0.1) is 0 Å². The number of carbonyl (C=O) groups excluding carboxylic acids is 1. The predicted molar refractivity (Wildman–Crippen MR) is 75.7 cm³/mol. The first-order chi connectivity index (χ1) is 9.20. The molecule has 0 aliphatic carbocycles. The van der Waals surface area contributed by atoms with Gasteiger partial charge in [0.1, 0.15) is 5.82 Å². The second-order valence-electron chi connectivity index (χ2n) is 5.13. The van der Waals surface area contributed by atoms with E-state index in [0.717, 1.165) is 30.2 Å². The Morgan fingerprint density at radius 2 is 2.37 bits per heavy atom. The molecule has 0 aromatic carbocycles. The van der Waals surface area contributed by atoms with Gasteiger partial charge in [-0.1, -0.05) is 11.6 Å². The number of esters is 1. The number of methoxy groups -OCH3 is 1. The van der Waals surface area contributed by atoms with Gasteiger partial charge in [0.05, 0.1) is 18.7 Å². The summed E-state index contributed by atoms with van der Waals surface area (Å²) in [6.45, 7) is 0.825. The van der Waals surface area contributed by atoms with Gasteiger partial charge in [-0.3, -0.25) is 4.79 Å². The van der Waals surface area contributed by atoms with Gasteiger partial charge in [0, 0.05) is 24.6 Å². The number of aromatic nitrogens is 2. The maximum atomic E-state index is 11.7. The third-order valence-electron chi connectivity index (χ3n) is 4.02. The van der Waals surface area contributed by atoms with Crippen LogP contribution in [0.25, 0.3) is 0 Å². The van der Waals surface area contributed by atoms with Crippen LogP contribution in [0.5, 0.6) is 0 Å². The zero-order chi connectivity index (χ0) is 13.4. The van der Waals surface area contributed by atoms with E-state index < -0.39 is 0 Å². The molecule has 4 nitrogen and oxygen atoms in total. The van der Waals surface area contributed by atoms with Crippen molar-refractivity contribution in [1.82, 2.24) is 9.55 Å². The molecule has 1 aromatic heterocycles. The second kappa shape index (κ2) is 5.37. The van der Waals surface area contributed by atoms with Crippen LogP contribution in [0.4, 0.5) is 0 Å². The highest BCUT2D eigenvalue weighted by Gasteiger charge is 2.32. The second-order valence-corrected chi connectivity index (χ2v) is 6.64. The minimum absolute atomic E-state index is 0.0718. The van der Waals surface area contributed by atoms with Crippen molar-refractivity contribution >= 4 is 29.3 Å². The molecule has 1 fully saturated rings. The SMILES string of the molecule is COC(=O)C1CCn2c(C3CCSC3)nc(Cl)c2C1. The standard InChI is InChI=1S/C13H17ClN2O2S/c1-18-13(17)8-2-4-16-10(6-8)11(14)15-12(16)9-3-5-19-7-9/h8-9H,2-7H2,1H3. The number of carbonyl (C=O) groups is 1. The number of imidazole rings is 1. The van der Waals surface area contributed by atoms with E-state index in [1.54, 1.807) is 0 Å². The van der Waals surface area contributed by atoms with Gasteiger partial charge < -0.3 is 9.30 Å². The first kappa shape index (κ1) is 13.3. The number of rotatable bonds is 2. The zero-order valence-electron chi connectivity index (χ0n) is 10.9. The van der Waals surface area contributed by atoms with Crippen LogP contribution >= 0.6 is 23.4 Å². The third kappa shape index (κ3) is 2.38. The van der Waals surface area contributed by atoms with Crippen molar-refractivity contribution in [2.24, 2.45) is 5.92 Å². The van der Waals surface area contributed by atoms with E-state index in [1.807, 2.05) is 11.8 Å². The van der Waals surface area contributed by atoms with Gasteiger partial charge in [-0.2, -0.15) is 11.8 Å². The Kier molecular flexibility index (Phi) is 3.76. The molecule has 0 N–H and O–H groups in total. The zero-order valence-corrected chi connectivity index (χ0v) is 12.5. The van der Waals surface area contributed by atoms with Gasteiger partial charge in [0.15, 0.2) is 5.15 Å². The molecule has 2 aliphatic heterocycles. The van der Waals surface area contributed by atoms with Gasteiger partial charge in [-0.25, -0.2) is 4.98 Å². The fourth-order valence-corrected chi connectivity index (χ4v) is 4.44. The van der Waals surface area contributed by atoms with E-state index in [9.17, 15) is 4.79 Å². The molecule has 2 aliphatic rings. The molecular formula is C13H17ClN2O2S. The summed E-state index contributed by atoms with van der Waals surface area (Å²) in [7, 11) is 1.44. The van der Waals surface area contributed by atoms with Crippen LogP contribution < -0.4 is 0 Å². The largest absolute Gasteiger partial charge is 0.469 e. The van der Waals surface area contributed by atoms with E-state index in [0.29, 0.717) is 17.5 Å². The molecule has 2 atom stereocenters. The van der Waals surface area contributed by atoms with E-state index in [4.69, 9.17) is 16.3 Å². The van der Waals surface area contributed by atoms with Crippen molar-refractivity contribution in [2.45, 2.75) is 31.7 Å². The highest BCUT2D eigenvalue weighted by atomic mass is 35.5. The lowest BCUT2D eigenvalue weighted by atomic mass is 9.96. The number of fused-ring (bicyclic) bond motifs is 1. The molecule has 6 heteroatoms. The molecule has 19 heavy (non-hydrogen) atoms. The minimum atomic E-state index is -0.138. The number of hydrogen-bond acceptors (Lipinski definition) is 4. The average Bonchev–Trinajstić information content (AvgIpc) is 3.06. The van der Waals surface area contributed by atoms with Crippen molar-refractivity contribution in [3.8, 4) is 0 Å². The summed E-state index contributed by atoms with van der Waals surface area (Å²) in [5.74, 6) is 3.76. The fraction of sp³-hybridized carbons (Fsp3) is 0.692. The predicted octanol–water partition coefficient (Wildman–Crippen LogP) is 2.49. The van der Waals surface area contributed by atoms with Crippen molar-refractivity contribution in [2.75, 3.05) is 18.6 Å². The Balaban J connectivity index is 1.87. The molecule has 3 heterocycles. The van der Waals surface area contributed by atoms with Gasteiger partial charge in [0.2, 0.25) is 0 Å². The molecule has 1 saturated heterocycles. The van der Waals surface area contributed by atoms with E-state index in [1.165, 1.54) is 19.3 Å². The van der Waals surface area contributed by atoms with Gasteiger partial charge >= 0.3 is 5.97 Å².